The molecule has 1 aromatic rings. The highest BCUT2D eigenvalue weighted by Gasteiger charge is 2.22. The van der Waals surface area contributed by atoms with Crippen LogP contribution in [0.4, 0.5) is 0 Å². The average molecular weight is 329 g/mol. The quantitative estimate of drug-likeness (QED) is 0.474. The van der Waals surface area contributed by atoms with Crippen molar-refractivity contribution in [1.29, 1.82) is 0 Å². The summed E-state index contributed by atoms with van der Waals surface area (Å²) >= 11 is 0. The number of nitrogens with zero attached hydrogens (tertiary/aromatic N) is 1. The van der Waals surface area contributed by atoms with Crippen molar-refractivity contribution in [1.82, 2.24) is 0 Å². The minimum Gasteiger partial charge on any atom is -0.479 e. The second kappa shape index (κ2) is 9.46. The molecule has 0 aromatic heterocycles. The lowest BCUT2D eigenvalue weighted by Gasteiger charge is -2.10. The average Bonchev–Trinajstić information content (AvgIpc) is 2.36. The Morgan fingerprint density at radius 2 is 1.55 bits per heavy atom. The van der Waals surface area contributed by atoms with Gasteiger partial charge in [-0.3, -0.25) is 4.28 Å². The molecule has 126 valence electrons. The maximum Gasteiger partial charge on any atom is 0.359 e. The molecule has 0 amide bonds. The molecule has 1 aromatic carbocycles. The summed E-state index contributed by atoms with van der Waals surface area (Å²) < 4.78 is 33.9. The number of ether oxygens (including phenoxy) is 1. The second-order valence-electron chi connectivity index (χ2n) is 5.01. The van der Waals surface area contributed by atoms with Gasteiger partial charge in [0.25, 0.3) is 0 Å². The molecular weight excluding hydrogens is 302 g/mol. The Hall–Kier alpha value is -1.56. The summed E-state index contributed by atoms with van der Waals surface area (Å²) in [6.45, 7) is 13.3. The van der Waals surface area contributed by atoms with Crippen molar-refractivity contribution in [3.63, 3.8) is 0 Å². The van der Waals surface area contributed by atoms with Gasteiger partial charge < -0.3 is 4.74 Å². The van der Waals surface area contributed by atoms with Gasteiger partial charge in [-0.2, -0.15) is 8.42 Å². The van der Waals surface area contributed by atoms with Crippen LogP contribution in [0.3, 0.4) is 0 Å². The minimum absolute atomic E-state index is 0.158. The van der Waals surface area contributed by atoms with Crippen molar-refractivity contribution in [3.05, 3.63) is 28.8 Å². The van der Waals surface area contributed by atoms with Crippen molar-refractivity contribution < 1.29 is 17.4 Å². The fourth-order valence-corrected chi connectivity index (χ4v) is 3.12. The van der Waals surface area contributed by atoms with E-state index in [1.807, 2.05) is 6.92 Å². The number of oxime groups is 1. The predicted octanol–water partition coefficient (Wildman–Crippen LogP) is 4.10. The highest BCUT2D eigenvalue weighted by molar-refractivity contribution is 7.86. The van der Waals surface area contributed by atoms with Crippen molar-refractivity contribution in [2.24, 2.45) is 5.16 Å². The molecule has 0 bridgehead atoms. The van der Waals surface area contributed by atoms with Crippen LogP contribution >= 0.6 is 0 Å². The third-order valence-electron chi connectivity index (χ3n) is 2.47. The van der Waals surface area contributed by atoms with E-state index in [4.69, 9.17) is 4.74 Å². The van der Waals surface area contributed by atoms with Crippen LogP contribution < -0.4 is 0 Å². The van der Waals surface area contributed by atoms with E-state index in [-0.39, 0.29) is 10.8 Å². The van der Waals surface area contributed by atoms with E-state index in [2.05, 4.69) is 23.3 Å². The summed E-state index contributed by atoms with van der Waals surface area (Å²) in [5, 5.41) is 3.47. The molecule has 0 saturated carbocycles. The Morgan fingerprint density at radius 1 is 1.09 bits per heavy atom. The Morgan fingerprint density at radius 3 is 1.95 bits per heavy atom. The second-order valence-corrected chi connectivity index (χ2v) is 6.47. The summed E-state index contributed by atoms with van der Waals surface area (Å²) in [5.41, 5.74) is 2.28. The summed E-state index contributed by atoms with van der Waals surface area (Å²) in [6, 6.07) is 3.59. The van der Waals surface area contributed by atoms with Crippen molar-refractivity contribution in [2.45, 2.75) is 59.8 Å². The summed E-state index contributed by atoms with van der Waals surface area (Å²) in [4.78, 5) is 0.158. The maximum atomic E-state index is 12.1. The molecule has 0 unspecified atom stereocenters. The number of hydrogen-bond donors (Lipinski definition) is 0. The molecule has 0 N–H and O–H groups in total. The predicted molar refractivity (Wildman–Crippen MR) is 89.6 cm³/mol. The van der Waals surface area contributed by atoms with Gasteiger partial charge in [0.05, 0.1) is 6.61 Å². The monoisotopic (exact) mass is 329 g/mol. The van der Waals surface area contributed by atoms with Crippen LogP contribution in [0.2, 0.25) is 0 Å². The first kappa shape index (κ1) is 20.4. The lowest BCUT2D eigenvalue weighted by molar-refractivity contribution is 0.277. The first-order valence-corrected chi connectivity index (χ1v) is 8.79. The smallest absolute Gasteiger partial charge is 0.359 e. The Kier molecular flexibility index (Phi) is 8.79. The molecule has 0 heterocycles. The molecule has 0 aliphatic heterocycles. The Labute approximate surface area is 134 Å². The van der Waals surface area contributed by atoms with E-state index >= 15 is 0 Å². The fourth-order valence-electron chi connectivity index (χ4n) is 1.94. The van der Waals surface area contributed by atoms with E-state index in [0.717, 1.165) is 5.56 Å². The SMILES string of the molecule is CCC.CCO/C(C)=N/OS(=O)(=O)c1c(C)cc(C)cc1C. The van der Waals surface area contributed by atoms with Crippen LogP contribution in [-0.2, 0) is 19.1 Å². The maximum absolute atomic E-state index is 12.1. The first-order valence-electron chi connectivity index (χ1n) is 7.38. The van der Waals surface area contributed by atoms with Crippen LogP contribution in [0, 0.1) is 20.8 Å². The van der Waals surface area contributed by atoms with Gasteiger partial charge in [0.15, 0.2) is 0 Å². The zero-order valence-corrected chi connectivity index (χ0v) is 15.4. The van der Waals surface area contributed by atoms with E-state index in [0.29, 0.717) is 17.7 Å². The van der Waals surface area contributed by atoms with Gasteiger partial charge in [0, 0.05) is 6.92 Å². The number of rotatable bonds is 4. The lowest BCUT2D eigenvalue weighted by atomic mass is 10.1. The zero-order valence-electron chi connectivity index (χ0n) is 14.6. The first-order chi connectivity index (χ1) is 10.2. The summed E-state index contributed by atoms with van der Waals surface area (Å²) in [6.07, 6.45) is 1.25. The minimum atomic E-state index is -3.92. The molecule has 0 spiro atoms. The molecular formula is C16H27NO4S. The number of hydrogen-bond acceptors (Lipinski definition) is 5. The molecule has 0 radical (unpaired) electrons. The van der Waals surface area contributed by atoms with E-state index in [1.54, 1.807) is 32.9 Å². The van der Waals surface area contributed by atoms with Gasteiger partial charge in [-0.25, -0.2) is 0 Å². The summed E-state index contributed by atoms with van der Waals surface area (Å²) in [5.74, 6) is 0.175. The molecule has 0 fully saturated rings. The van der Waals surface area contributed by atoms with Gasteiger partial charge in [-0.05, 0) is 44.0 Å². The fraction of sp³-hybridized carbons (Fsp3) is 0.562. The third-order valence-corrected chi connectivity index (χ3v) is 3.89. The third kappa shape index (κ3) is 6.47. The molecule has 6 heteroatoms. The van der Waals surface area contributed by atoms with Crippen molar-refractivity contribution >= 4 is 16.0 Å². The van der Waals surface area contributed by atoms with Crippen molar-refractivity contribution in [2.75, 3.05) is 6.61 Å². The van der Waals surface area contributed by atoms with Gasteiger partial charge in [0.2, 0.25) is 5.90 Å². The largest absolute Gasteiger partial charge is 0.479 e. The van der Waals surface area contributed by atoms with Crippen LogP contribution in [-0.4, -0.2) is 20.9 Å². The highest BCUT2D eigenvalue weighted by atomic mass is 32.2. The van der Waals surface area contributed by atoms with Crippen molar-refractivity contribution in [3.8, 4) is 0 Å². The van der Waals surface area contributed by atoms with Crippen LogP contribution in [0.25, 0.3) is 0 Å². The molecule has 0 saturated heterocycles. The van der Waals surface area contributed by atoms with E-state index in [9.17, 15) is 8.42 Å². The van der Waals surface area contributed by atoms with Crippen LogP contribution in [0.15, 0.2) is 22.2 Å². The van der Waals surface area contributed by atoms with Crippen LogP contribution in [0.1, 0.15) is 50.8 Å². The number of benzene rings is 1. The lowest BCUT2D eigenvalue weighted by Crippen LogP contribution is -2.09. The Bertz CT molecular complexity index is 584. The molecule has 0 aliphatic carbocycles. The normalized spacial score (nSPS) is 11.5. The highest BCUT2D eigenvalue weighted by Crippen LogP contribution is 2.23. The van der Waals surface area contributed by atoms with Gasteiger partial charge in [0.1, 0.15) is 4.90 Å². The molecule has 5 nitrogen and oxygen atoms in total. The molecule has 0 aliphatic rings. The topological polar surface area (TPSA) is 65.0 Å². The Balaban J connectivity index is 0.00000135. The number of aryl methyl sites for hydroxylation is 3. The van der Waals surface area contributed by atoms with Gasteiger partial charge in [-0.1, -0.05) is 38.0 Å². The molecule has 1 rings (SSSR count). The van der Waals surface area contributed by atoms with E-state index in [1.165, 1.54) is 13.3 Å². The van der Waals surface area contributed by atoms with Gasteiger partial charge in [-0.15, -0.1) is 0 Å². The molecule has 0 atom stereocenters. The summed E-state index contributed by atoms with van der Waals surface area (Å²) in [7, 11) is -3.92. The molecule has 22 heavy (non-hydrogen) atoms. The van der Waals surface area contributed by atoms with Crippen LogP contribution in [0.5, 0.6) is 0 Å². The zero-order chi connectivity index (χ0) is 17.3. The van der Waals surface area contributed by atoms with E-state index < -0.39 is 10.1 Å². The standard InChI is InChI=1S/C13H19NO4S.C3H8/c1-6-17-12(5)14-18-19(15,16)13-10(3)7-9(2)8-11(13)4;1-3-2/h7-8H,6H2,1-5H3;3H2,1-2H3/b14-12+;. The van der Waals surface area contributed by atoms with Gasteiger partial charge >= 0.3 is 10.1 Å².